The molecular formula is C35H26N2O5. The number of carbonyl (C=O) groups is 3. The number of para-hydroxylation sites is 1. The Hall–Kier alpha value is -5.17. The number of rotatable bonds is 4. The molecule has 8 rings (SSSR count). The zero-order chi connectivity index (χ0) is 28.6. The molecule has 0 aliphatic carbocycles. The van der Waals surface area contributed by atoms with Crippen LogP contribution in [0.2, 0.25) is 0 Å². The summed E-state index contributed by atoms with van der Waals surface area (Å²) >= 11 is 0. The van der Waals surface area contributed by atoms with Gasteiger partial charge in [0.25, 0.3) is 0 Å². The van der Waals surface area contributed by atoms with E-state index in [-0.39, 0.29) is 24.3 Å². The Labute approximate surface area is 242 Å². The highest BCUT2D eigenvalue weighted by Gasteiger charge is 2.70. The molecular weight excluding hydrogens is 528 g/mol. The lowest BCUT2D eigenvalue weighted by Crippen LogP contribution is -2.49. The molecule has 4 aliphatic rings. The molecule has 1 spiro atoms. The smallest absolute Gasteiger partial charge is 0.238 e. The number of benzene rings is 4. The van der Waals surface area contributed by atoms with E-state index in [0.717, 1.165) is 22.3 Å². The monoisotopic (exact) mass is 554 g/mol. The van der Waals surface area contributed by atoms with Gasteiger partial charge in [-0.15, -0.1) is 0 Å². The van der Waals surface area contributed by atoms with Crippen LogP contribution in [0.1, 0.15) is 49.0 Å². The topological polar surface area (TPSA) is 84.9 Å². The third-order valence-corrected chi connectivity index (χ3v) is 9.11. The fraction of sp³-hybridized carbons (Fsp3) is 0.171. The average Bonchev–Trinajstić information content (AvgIpc) is 3.70. The number of hydrogen-bond donors (Lipinski definition) is 1. The number of ether oxygens (including phenoxy) is 2. The Kier molecular flexibility index (Phi) is 5.22. The summed E-state index contributed by atoms with van der Waals surface area (Å²) in [6, 6.07) is 26.3. The second-order valence-corrected chi connectivity index (χ2v) is 11.2. The van der Waals surface area contributed by atoms with Crippen molar-refractivity contribution in [3.05, 3.63) is 131 Å². The van der Waals surface area contributed by atoms with Crippen LogP contribution >= 0.6 is 0 Å². The minimum absolute atomic E-state index is 0.0821. The number of fused-ring (bicyclic) bond motifs is 7. The molecule has 0 aromatic heterocycles. The molecule has 7 nitrogen and oxygen atoms in total. The second-order valence-electron chi connectivity index (χ2n) is 11.2. The third-order valence-electron chi connectivity index (χ3n) is 9.11. The van der Waals surface area contributed by atoms with E-state index in [9.17, 15) is 14.4 Å². The largest absolute Gasteiger partial charge is 0.454 e. The standard InChI is InChI=1S/C35H26N2O5/c1-20-10-12-22(13-11-20)31(38)29-30(32(39)23-14-15-27-28(18-23)42-19-41-27)37-17-16-21-6-2-3-7-24(21)33(37)35(29)25-8-4-5-9-26(25)36-34(35)40/h2-18,29-30,33H,19H2,1H3,(H,36,40)/t29-,30+,33-,35-/m0/s1. The van der Waals surface area contributed by atoms with Crippen molar-refractivity contribution in [1.82, 2.24) is 4.90 Å². The van der Waals surface area contributed by atoms with Crippen LogP contribution in [0.4, 0.5) is 5.69 Å². The highest BCUT2D eigenvalue weighted by Crippen LogP contribution is 2.62. The average molecular weight is 555 g/mol. The first kappa shape index (κ1) is 24.6. The van der Waals surface area contributed by atoms with E-state index >= 15 is 0 Å². The van der Waals surface area contributed by atoms with E-state index in [0.29, 0.717) is 28.3 Å². The number of anilines is 1. The minimum atomic E-state index is -1.36. The zero-order valence-corrected chi connectivity index (χ0v) is 22.7. The van der Waals surface area contributed by atoms with Gasteiger partial charge < -0.3 is 19.7 Å². The highest BCUT2D eigenvalue weighted by atomic mass is 16.7. The molecule has 4 aromatic rings. The van der Waals surface area contributed by atoms with Crippen LogP contribution in [0, 0.1) is 12.8 Å². The molecule has 4 atom stereocenters. The summed E-state index contributed by atoms with van der Waals surface area (Å²) in [6.45, 7) is 2.04. The van der Waals surface area contributed by atoms with Crippen molar-refractivity contribution >= 4 is 29.2 Å². The first-order valence-electron chi connectivity index (χ1n) is 14.0. The van der Waals surface area contributed by atoms with Gasteiger partial charge in [0.1, 0.15) is 11.5 Å². The van der Waals surface area contributed by atoms with Gasteiger partial charge in [-0.3, -0.25) is 14.4 Å². The molecule has 1 fully saturated rings. The predicted octanol–water partition coefficient (Wildman–Crippen LogP) is 5.71. The summed E-state index contributed by atoms with van der Waals surface area (Å²) in [5, 5.41) is 3.08. The Morgan fingerprint density at radius 1 is 0.857 bits per heavy atom. The summed E-state index contributed by atoms with van der Waals surface area (Å²) in [4.78, 5) is 46.0. The SMILES string of the molecule is Cc1ccc(C(=O)[C@@H]2[C@H](C(=O)c3ccc4c(c3)OCO4)N3C=Cc4ccccc4[C@H]3[C@@]23C(=O)Nc2ccccc23)cc1. The number of carbonyl (C=O) groups excluding carboxylic acids is 3. The fourth-order valence-corrected chi connectivity index (χ4v) is 7.29. The molecule has 206 valence electrons. The van der Waals surface area contributed by atoms with Crippen molar-refractivity contribution in [3.63, 3.8) is 0 Å². The van der Waals surface area contributed by atoms with Crippen LogP contribution in [0.3, 0.4) is 0 Å². The van der Waals surface area contributed by atoms with Crippen LogP contribution in [-0.4, -0.2) is 35.2 Å². The van der Waals surface area contributed by atoms with Gasteiger partial charge in [-0.2, -0.15) is 0 Å². The number of aryl methyl sites for hydroxylation is 1. The van der Waals surface area contributed by atoms with Crippen molar-refractivity contribution in [3.8, 4) is 11.5 Å². The lowest BCUT2D eigenvalue weighted by atomic mass is 9.62. The van der Waals surface area contributed by atoms with Crippen LogP contribution in [0.5, 0.6) is 11.5 Å². The van der Waals surface area contributed by atoms with Gasteiger partial charge in [-0.05, 0) is 54.0 Å². The van der Waals surface area contributed by atoms with Gasteiger partial charge in [0.15, 0.2) is 23.1 Å². The highest BCUT2D eigenvalue weighted by molar-refractivity contribution is 6.16. The van der Waals surface area contributed by atoms with Gasteiger partial charge in [-0.1, -0.05) is 72.3 Å². The van der Waals surface area contributed by atoms with Crippen molar-refractivity contribution in [2.75, 3.05) is 12.1 Å². The molecule has 42 heavy (non-hydrogen) atoms. The van der Waals surface area contributed by atoms with Gasteiger partial charge >= 0.3 is 0 Å². The van der Waals surface area contributed by atoms with E-state index in [1.54, 1.807) is 30.3 Å². The van der Waals surface area contributed by atoms with Crippen molar-refractivity contribution in [1.29, 1.82) is 0 Å². The van der Waals surface area contributed by atoms with Gasteiger partial charge in [0, 0.05) is 23.0 Å². The normalized spacial score (nSPS) is 24.3. The van der Waals surface area contributed by atoms with Gasteiger partial charge in [0.2, 0.25) is 12.7 Å². The van der Waals surface area contributed by atoms with E-state index in [1.807, 2.05) is 84.8 Å². The van der Waals surface area contributed by atoms with Crippen LogP contribution in [-0.2, 0) is 10.2 Å². The van der Waals surface area contributed by atoms with Crippen molar-refractivity contribution in [2.24, 2.45) is 5.92 Å². The molecule has 4 heterocycles. The molecule has 1 saturated heterocycles. The van der Waals surface area contributed by atoms with Crippen molar-refractivity contribution < 1.29 is 23.9 Å². The Morgan fingerprint density at radius 3 is 2.45 bits per heavy atom. The molecule has 4 aromatic carbocycles. The summed E-state index contributed by atoms with van der Waals surface area (Å²) in [5.41, 5.74) is 3.73. The maximum atomic E-state index is 14.8. The summed E-state index contributed by atoms with van der Waals surface area (Å²) in [6.07, 6.45) is 3.83. The molecule has 0 saturated carbocycles. The van der Waals surface area contributed by atoms with Gasteiger partial charge in [-0.25, -0.2) is 0 Å². The fourth-order valence-electron chi connectivity index (χ4n) is 7.29. The number of Topliss-reactive ketones (excluding diaryl/α,β-unsaturated/α-hetero) is 2. The van der Waals surface area contributed by atoms with E-state index in [4.69, 9.17) is 9.47 Å². The lowest BCUT2D eigenvalue weighted by molar-refractivity contribution is -0.122. The number of ketones is 2. The summed E-state index contributed by atoms with van der Waals surface area (Å²) in [5.74, 6) is -0.772. The quantitative estimate of drug-likeness (QED) is 0.326. The van der Waals surface area contributed by atoms with Crippen molar-refractivity contribution in [2.45, 2.75) is 24.4 Å². The number of hydrogen-bond acceptors (Lipinski definition) is 6. The number of nitrogens with one attached hydrogen (secondary N) is 1. The van der Waals surface area contributed by atoms with E-state index in [1.165, 1.54) is 0 Å². The molecule has 0 unspecified atom stereocenters. The molecule has 0 radical (unpaired) electrons. The maximum Gasteiger partial charge on any atom is 0.238 e. The summed E-state index contributed by atoms with van der Waals surface area (Å²) < 4.78 is 11.1. The number of amides is 1. The molecule has 4 aliphatic heterocycles. The van der Waals surface area contributed by atoms with E-state index in [2.05, 4.69) is 5.32 Å². The third kappa shape index (κ3) is 3.25. The Morgan fingerprint density at radius 2 is 1.60 bits per heavy atom. The predicted molar refractivity (Wildman–Crippen MR) is 156 cm³/mol. The first-order valence-corrected chi connectivity index (χ1v) is 14.0. The Bertz CT molecular complexity index is 1840. The van der Waals surface area contributed by atoms with E-state index < -0.39 is 23.4 Å². The molecule has 7 heteroatoms. The first-order chi connectivity index (χ1) is 20.5. The van der Waals surface area contributed by atoms with Gasteiger partial charge in [0.05, 0.1) is 12.0 Å². The Balaban J connectivity index is 1.40. The van der Waals surface area contributed by atoms with Crippen LogP contribution in [0.15, 0.2) is 97.2 Å². The van der Waals surface area contributed by atoms with Crippen LogP contribution < -0.4 is 14.8 Å². The zero-order valence-electron chi connectivity index (χ0n) is 22.7. The lowest BCUT2D eigenvalue weighted by Gasteiger charge is -2.38. The number of nitrogens with zero attached hydrogens (tertiary/aromatic N) is 1. The summed E-state index contributed by atoms with van der Waals surface area (Å²) in [7, 11) is 0. The molecule has 1 N–H and O–H groups in total. The maximum absolute atomic E-state index is 14.8. The minimum Gasteiger partial charge on any atom is -0.454 e. The molecule has 1 amide bonds. The molecule has 0 bridgehead atoms. The van der Waals surface area contributed by atoms with Crippen LogP contribution in [0.25, 0.3) is 6.08 Å². The second kappa shape index (κ2) is 8.91.